The van der Waals surface area contributed by atoms with Crippen molar-refractivity contribution in [1.82, 2.24) is 15.0 Å². The van der Waals surface area contributed by atoms with Crippen LogP contribution in [0.15, 0.2) is 82.0 Å². The van der Waals surface area contributed by atoms with Crippen molar-refractivity contribution < 1.29 is 0 Å². The zero-order valence-corrected chi connectivity index (χ0v) is 17.3. The Morgan fingerprint density at radius 1 is 0.630 bits per heavy atom. The first-order chi connectivity index (χ1) is 13.2. The van der Waals surface area contributed by atoms with Crippen LogP contribution in [0.5, 0.6) is 0 Å². The molecule has 3 nitrogen and oxygen atoms in total. The van der Waals surface area contributed by atoms with Gasteiger partial charge in [-0.2, -0.15) is 0 Å². The zero-order chi connectivity index (χ0) is 18.4. The molecule has 0 spiro atoms. The quantitative estimate of drug-likeness (QED) is 0.297. The number of aromatic amines is 1. The van der Waals surface area contributed by atoms with Gasteiger partial charge < -0.3 is 4.98 Å². The number of nitrogens with one attached hydrogen (secondary N) is 1. The summed E-state index contributed by atoms with van der Waals surface area (Å²) in [4.78, 5) is 12.7. The Hall–Kier alpha value is -2.50. The van der Waals surface area contributed by atoms with E-state index >= 15 is 0 Å². The molecule has 2 aromatic carbocycles. The Morgan fingerprint density at radius 2 is 1.11 bits per heavy atom. The number of fused-ring (bicyclic) bond motifs is 3. The maximum Gasteiger partial charge on any atom is 0.0723 e. The first kappa shape index (κ1) is 16.7. The molecule has 0 fully saturated rings. The molecule has 0 bridgehead atoms. The highest BCUT2D eigenvalue weighted by molar-refractivity contribution is 9.10. The van der Waals surface area contributed by atoms with E-state index in [1.807, 2.05) is 48.8 Å². The largest absolute Gasteiger partial charge is 0.353 e. The topological polar surface area (TPSA) is 41.6 Å². The standard InChI is InChI=1S/C22H13Br2N3/c23-13-9-15-16-10-14(24)12-18(20-6-2-4-8-26-20)22(16)27-21(15)17(11-13)19-5-1-3-7-25-19/h1-12,27H. The van der Waals surface area contributed by atoms with Crippen LogP contribution in [-0.4, -0.2) is 15.0 Å². The molecule has 0 amide bonds. The van der Waals surface area contributed by atoms with Crippen molar-refractivity contribution in [2.24, 2.45) is 0 Å². The lowest BCUT2D eigenvalue weighted by Gasteiger charge is -2.04. The molecule has 0 saturated heterocycles. The molecule has 0 unspecified atom stereocenters. The molecule has 0 atom stereocenters. The summed E-state index contributed by atoms with van der Waals surface area (Å²) in [7, 11) is 0. The maximum absolute atomic E-state index is 4.55. The molecule has 5 rings (SSSR count). The minimum absolute atomic E-state index is 0.939. The van der Waals surface area contributed by atoms with Gasteiger partial charge in [-0.25, -0.2) is 0 Å². The highest BCUT2D eigenvalue weighted by Crippen LogP contribution is 2.39. The van der Waals surface area contributed by atoms with Crippen molar-refractivity contribution in [3.63, 3.8) is 0 Å². The molecule has 5 aromatic rings. The number of H-pyrrole nitrogens is 1. The lowest BCUT2D eigenvalue weighted by Crippen LogP contribution is -1.85. The highest BCUT2D eigenvalue weighted by atomic mass is 79.9. The SMILES string of the molecule is Brc1cc(-c2ccccn2)c2[nH]c3c(-c4ccccn4)cc(Br)cc3c2c1. The number of rotatable bonds is 2. The van der Waals surface area contributed by atoms with E-state index in [1.54, 1.807) is 0 Å². The van der Waals surface area contributed by atoms with E-state index < -0.39 is 0 Å². The zero-order valence-electron chi connectivity index (χ0n) is 14.1. The monoisotopic (exact) mass is 477 g/mol. The normalized spacial score (nSPS) is 11.3. The molecule has 5 heteroatoms. The third-order valence-corrected chi connectivity index (χ3v) is 5.54. The third-order valence-electron chi connectivity index (χ3n) is 4.63. The Bertz CT molecular complexity index is 1180. The van der Waals surface area contributed by atoms with Crippen molar-refractivity contribution in [1.29, 1.82) is 0 Å². The van der Waals surface area contributed by atoms with Crippen LogP contribution < -0.4 is 0 Å². The molecule has 0 aliphatic rings. The first-order valence-electron chi connectivity index (χ1n) is 8.48. The van der Waals surface area contributed by atoms with Crippen LogP contribution in [0.4, 0.5) is 0 Å². The number of nitrogens with zero attached hydrogens (tertiary/aromatic N) is 2. The Balaban J connectivity index is 1.91. The van der Waals surface area contributed by atoms with E-state index in [0.29, 0.717) is 0 Å². The molecule has 0 saturated carbocycles. The second-order valence-electron chi connectivity index (χ2n) is 6.31. The highest BCUT2D eigenvalue weighted by Gasteiger charge is 2.16. The number of hydrogen-bond acceptors (Lipinski definition) is 2. The summed E-state index contributed by atoms with van der Waals surface area (Å²) in [6, 6.07) is 20.4. The molecule has 27 heavy (non-hydrogen) atoms. The molecule has 1 N–H and O–H groups in total. The molecule has 0 aliphatic heterocycles. The average Bonchev–Trinajstić information content (AvgIpc) is 3.06. The number of benzene rings is 2. The molecule has 0 aliphatic carbocycles. The predicted octanol–water partition coefficient (Wildman–Crippen LogP) is 6.97. The fourth-order valence-electron chi connectivity index (χ4n) is 3.48. The van der Waals surface area contributed by atoms with E-state index in [-0.39, 0.29) is 0 Å². The lowest BCUT2D eigenvalue weighted by atomic mass is 10.0. The van der Waals surface area contributed by atoms with Gasteiger partial charge in [0.05, 0.1) is 22.4 Å². The number of hydrogen-bond donors (Lipinski definition) is 1. The Labute approximate surface area is 172 Å². The van der Waals surface area contributed by atoms with Gasteiger partial charge in [0.1, 0.15) is 0 Å². The van der Waals surface area contributed by atoms with Gasteiger partial charge in [0.15, 0.2) is 0 Å². The fraction of sp³-hybridized carbons (Fsp3) is 0. The predicted molar refractivity (Wildman–Crippen MR) is 118 cm³/mol. The van der Waals surface area contributed by atoms with E-state index in [1.165, 1.54) is 0 Å². The molecule has 0 radical (unpaired) electrons. The van der Waals surface area contributed by atoms with Crippen molar-refractivity contribution in [2.45, 2.75) is 0 Å². The van der Waals surface area contributed by atoms with Crippen molar-refractivity contribution in [3.05, 3.63) is 82.0 Å². The fourth-order valence-corrected chi connectivity index (χ4v) is 4.40. The Morgan fingerprint density at radius 3 is 1.52 bits per heavy atom. The van der Waals surface area contributed by atoms with E-state index in [9.17, 15) is 0 Å². The van der Waals surface area contributed by atoms with Crippen molar-refractivity contribution in [2.75, 3.05) is 0 Å². The lowest BCUT2D eigenvalue weighted by molar-refractivity contribution is 1.32. The Kier molecular flexibility index (Phi) is 4.06. The molecule has 3 aromatic heterocycles. The van der Waals surface area contributed by atoms with Gasteiger partial charge in [0, 0.05) is 43.2 Å². The van der Waals surface area contributed by atoms with E-state index in [4.69, 9.17) is 0 Å². The van der Waals surface area contributed by atoms with E-state index in [2.05, 4.69) is 71.1 Å². The smallest absolute Gasteiger partial charge is 0.0723 e. The third kappa shape index (κ3) is 2.87. The number of pyridine rings is 2. The van der Waals surface area contributed by atoms with Crippen LogP contribution in [0.2, 0.25) is 0 Å². The van der Waals surface area contributed by atoms with E-state index in [0.717, 1.165) is 53.3 Å². The molecule has 3 heterocycles. The minimum atomic E-state index is 0.939. The summed E-state index contributed by atoms with van der Waals surface area (Å²) in [5, 5.41) is 2.30. The van der Waals surface area contributed by atoms with Crippen LogP contribution in [0, 0.1) is 0 Å². The van der Waals surface area contributed by atoms with Gasteiger partial charge in [-0.1, -0.05) is 44.0 Å². The molecule has 130 valence electrons. The van der Waals surface area contributed by atoms with Gasteiger partial charge in [-0.15, -0.1) is 0 Å². The van der Waals surface area contributed by atoms with Gasteiger partial charge in [-0.3, -0.25) is 9.97 Å². The van der Waals surface area contributed by atoms with Crippen LogP contribution in [0.3, 0.4) is 0 Å². The summed E-state index contributed by atoms with van der Waals surface area (Å²) in [5.74, 6) is 0. The molecular weight excluding hydrogens is 466 g/mol. The van der Waals surface area contributed by atoms with Crippen LogP contribution in [0.25, 0.3) is 44.3 Å². The van der Waals surface area contributed by atoms with Crippen molar-refractivity contribution >= 4 is 53.7 Å². The molecular formula is C22H13Br2N3. The number of aromatic nitrogens is 3. The van der Waals surface area contributed by atoms with Crippen molar-refractivity contribution in [3.8, 4) is 22.5 Å². The van der Waals surface area contributed by atoms with Gasteiger partial charge >= 0.3 is 0 Å². The van der Waals surface area contributed by atoms with Crippen LogP contribution >= 0.6 is 31.9 Å². The second-order valence-corrected chi connectivity index (χ2v) is 8.14. The van der Waals surface area contributed by atoms with Crippen LogP contribution in [-0.2, 0) is 0 Å². The summed E-state index contributed by atoms with van der Waals surface area (Å²) >= 11 is 7.33. The summed E-state index contributed by atoms with van der Waals surface area (Å²) in [6.45, 7) is 0. The average molecular weight is 479 g/mol. The maximum atomic E-state index is 4.55. The summed E-state index contributed by atoms with van der Waals surface area (Å²) < 4.78 is 2.05. The van der Waals surface area contributed by atoms with Gasteiger partial charge in [0.25, 0.3) is 0 Å². The minimum Gasteiger partial charge on any atom is -0.353 e. The van der Waals surface area contributed by atoms with Gasteiger partial charge in [0.2, 0.25) is 0 Å². The summed E-state index contributed by atoms with van der Waals surface area (Å²) in [6.07, 6.45) is 3.64. The first-order valence-corrected chi connectivity index (χ1v) is 10.1. The van der Waals surface area contributed by atoms with Crippen LogP contribution in [0.1, 0.15) is 0 Å². The van der Waals surface area contributed by atoms with Gasteiger partial charge in [-0.05, 0) is 48.5 Å². The second kappa shape index (κ2) is 6.59. The number of halogens is 2. The summed E-state index contributed by atoms with van der Waals surface area (Å²) in [5.41, 5.74) is 6.16.